The minimum atomic E-state index is -3.99. The van der Waals surface area contributed by atoms with Crippen molar-refractivity contribution < 1.29 is 17.2 Å². The first-order valence-corrected chi connectivity index (χ1v) is 8.44. The maximum Gasteiger partial charge on any atom is 0.246 e. The van der Waals surface area contributed by atoms with Crippen LogP contribution in [0.5, 0.6) is 0 Å². The van der Waals surface area contributed by atoms with Gasteiger partial charge in [-0.25, -0.2) is 17.2 Å². The molecular formula is C13H16ClF2NO2S. The molecule has 1 fully saturated rings. The van der Waals surface area contributed by atoms with Crippen LogP contribution in [-0.2, 0) is 10.0 Å². The highest BCUT2D eigenvalue weighted by Crippen LogP contribution is 2.27. The SMILES string of the molecule is O=S(=O)(c1cc(F)ccc1F)N1CCCC(CCCl)C1. The van der Waals surface area contributed by atoms with Gasteiger partial charge in [-0.05, 0) is 43.4 Å². The first-order valence-electron chi connectivity index (χ1n) is 6.46. The molecule has 112 valence electrons. The molecule has 1 saturated heterocycles. The van der Waals surface area contributed by atoms with E-state index in [1.54, 1.807) is 0 Å². The molecule has 3 nitrogen and oxygen atoms in total. The molecule has 0 radical (unpaired) electrons. The van der Waals surface area contributed by atoms with Crippen molar-refractivity contribution in [2.75, 3.05) is 19.0 Å². The monoisotopic (exact) mass is 323 g/mol. The summed E-state index contributed by atoms with van der Waals surface area (Å²) < 4.78 is 52.9. The molecule has 1 aromatic rings. The fourth-order valence-corrected chi connectivity index (χ4v) is 4.39. The summed E-state index contributed by atoms with van der Waals surface area (Å²) >= 11 is 5.68. The zero-order valence-corrected chi connectivity index (χ0v) is 12.4. The van der Waals surface area contributed by atoms with Crippen LogP contribution in [0, 0.1) is 17.6 Å². The molecule has 0 amide bonds. The molecule has 1 aromatic carbocycles. The van der Waals surface area contributed by atoms with Crippen molar-refractivity contribution in [2.45, 2.75) is 24.2 Å². The van der Waals surface area contributed by atoms with Crippen LogP contribution in [0.3, 0.4) is 0 Å². The summed E-state index contributed by atoms with van der Waals surface area (Å²) in [7, 11) is -3.99. The maximum atomic E-state index is 13.7. The molecule has 2 rings (SSSR count). The van der Waals surface area contributed by atoms with E-state index in [-0.39, 0.29) is 5.92 Å². The van der Waals surface area contributed by atoms with E-state index in [9.17, 15) is 17.2 Å². The van der Waals surface area contributed by atoms with Gasteiger partial charge in [-0.1, -0.05) is 0 Å². The largest absolute Gasteiger partial charge is 0.246 e. The number of halogens is 3. The molecule has 1 unspecified atom stereocenters. The number of sulfonamides is 1. The number of piperidine rings is 1. The van der Waals surface area contributed by atoms with E-state index in [1.165, 1.54) is 4.31 Å². The van der Waals surface area contributed by atoms with Gasteiger partial charge in [-0.3, -0.25) is 0 Å². The summed E-state index contributed by atoms with van der Waals surface area (Å²) in [5.41, 5.74) is 0. The molecular weight excluding hydrogens is 308 g/mol. The predicted molar refractivity (Wildman–Crippen MR) is 73.2 cm³/mol. The first-order chi connectivity index (χ1) is 9.45. The van der Waals surface area contributed by atoms with E-state index in [0.717, 1.165) is 31.0 Å². The van der Waals surface area contributed by atoms with Gasteiger partial charge in [-0.2, -0.15) is 4.31 Å². The zero-order valence-electron chi connectivity index (χ0n) is 10.9. The molecule has 0 spiro atoms. The van der Waals surface area contributed by atoms with Gasteiger partial charge >= 0.3 is 0 Å². The van der Waals surface area contributed by atoms with E-state index in [2.05, 4.69) is 0 Å². The molecule has 1 atom stereocenters. The number of alkyl halides is 1. The van der Waals surface area contributed by atoms with Gasteiger partial charge in [0, 0.05) is 19.0 Å². The van der Waals surface area contributed by atoms with Crippen molar-refractivity contribution in [3.63, 3.8) is 0 Å². The van der Waals surface area contributed by atoms with Crippen molar-refractivity contribution in [3.05, 3.63) is 29.8 Å². The molecule has 1 aliphatic heterocycles. The van der Waals surface area contributed by atoms with Gasteiger partial charge in [0.2, 0.25) is 10.0 Å². The van der Waals surface area contributed by atoms with E-state index >= 15 is 0 Å². The fraction of sp³-hybridized carbons (Fsp3) is 0.538. The Morgan fingerprint density at radius 1 is 1.35 bits per heavy atom. The van der Waals surface area contributed by atoms with Crippen molar-refractivity contribution >= 4 is 21.6 Å². The summed E-state index contributed by atoms with van der Waals surface area (Å²) in [6, 6.07) is 2.47. The lowest BCUT2D eigenvalue weighted by atomic mass is 9.97. The standard InChI is InChI=1S/C13H16ClF2NO2S/c14-6-5-10-2-1-7-17(9-10)20(18,19)13-8-11(15)3-4-12(13)16/h3-4,8,10H,1-2,5-7,9H2. The summed E-state index contributed by atoms with van der Waals surface area (Å²) in [6.07, 6.45) is 2.33. The normalized spacial score (nSPS) is 21.1. The van der Waals surface area contributed by atoms with Crippen LogP contribution in [0.2, 0.25) is 0 Å². The molecule has 0 saturated carbocycles. The van der Waals surface area contributed by atoms with Crippen LogP contribution < -0.4 is 0 Å². The molecule has 0 aliphatic carbocycles. The zero-order chi connectivity index (χ0) is 14.8. The molecule has 7 heteroatoms. The Kier molecular flexibility index (Phi) is 4.99. The topological polar surface area (TPSA) is 37.4 Å². The van der Waals surface area contributed by atoms with E-state index in [1.807, 2.05) is 0 Å². The quantitative estimate of drug-likeness (QED) is 0.799. The maximum absolute atomic E-state index is 13.7. The van der Waals surface area contributed by atoms with Crippen molar-refractivity contribution in [1.29, 1.82) is 0 Å². The summed E-state index contributed by atoms with van der Waals surface area (Å²) in [6.45, 7) is 0.641. The van der Waals surface area contributed by atoms with Gasteiger partial charge in [0.05, 0.1) is 0 Å². The number of rotatable bonds is 4. The van der Waals surface area contributed by atoms with Crippen LogP contribution in [0.15, 0.2) is 23.1 Å². The first kappa shape index (κ1) is 15.7. The Hall–Kier alpha value is -0.720. The lowest BCUT2D eigenvalue weighted by molar-refractivity contribution is 0.261. The van der Waals surface area contributed by atoms with Crippen LogP contribution in [0.4, 0.5) is 8.78 Å². The Balaban J connectivity index is 2.27. The predicted octanol–water partition coefficient (Wildman–Crippen LogP) is 2.99. The highest BCUT2D eigenvalue weighted by atomic mass is 35.5. The molecule has 20 heavy (non-hydrogen) atoms. The highest BCUT2D eigenvalue weighted by Gasteiger charge is 2.32. The average molecular weight is 324 g/mol. The van der Waals surface area contributed by atoms with Crippen molar-refractivity contribution in [3.8, 4) is 0 Å². The van der Waals surface area contributed by atoms with Crippen LogP contribution >= 0.6 is 11.6 Å². The molecule has 1 heterocycles. The Labute approximate surface area is 122 Å². The summed E-state index contributed by atoms with van der Waals surface area (Å²) in [4.78, 5) is -0.593. The minimum absolute atomic E-state index is 0.174. The summed E-state index contributed by atoms with van der Waals surface area (Å²) in [5.74, 6) is -1.05. The smallest absolute Gasteiger partial charge is 0.207 e. The van der Waals surface area contributed by atoms with Gasteiger partial charge in [-0.15, -0.1) is 11.6 Å². The summed E-state index contributed by atoms with van der Waals surface area (Å²) in [5, 5.41) is 0. The van der Waals surface area contributed by atoms with Crippen LogP contribution in [0.25, 0.3) is 0 Å². The Morgan fingerprint density at radius 2 is 2.10 bits per heavy atom. The third kappa shape index (κ3) is 3.30. The minimum Gasteiger partial charge on any atom is -0.207 e. The van der Waals surface area contributed by atoms with Gasteiger partial charge in [0.25, 0.3) is 0 Å². The number of benzene rings is 1. The van der Waals surface area contributed by atoms with Gasteiger partial charge in [0.15, 0.2) is 0 Å². The second kappa shape index (κ2) is 6.37. The highest BCUT2D eigenvalue weighted by molar-refractivity contribution is 7.89. The van der Waals surface area contributed by atoms with E-state index in [0.29, 0.717) is 25.4 Å². The Morgan fingerprint density at radius 3 is 2.80 bits per heavy atom. The van der Waals surface area contributed by atoms with Crippen LogP contribution in [-0.4, -0.2) is 31.7 Å². The lowest BCUT2D eigenvalue weighted by Crippen LogP contribution is -2.40. The van der Waals surface area contributed by atoms with Gasteiger partial charge < -0.3 is 0 Å². The fourth-order valence-electron chi connectivity index (χ4n) is 2.45. The van der Waals surface area contributed by atoms with Crippen LogP contribution in [0.1, 0.15) is 19.3 Å². The van der Waals surface area contributed by atoms with Gasteiger partial charge in [0.1, 0.15) is 16.5 Å². The van der Waals surface area contributed by atoms with E-state index < -0.39 is 26.6 Å². The van der Waals surface area contributed by atoms with E-state index in [4.69, 9.17) is 11.6 Å². The lowest BCUT2D eigenvalue weighted by Gasteiger charge is -2.31. The number of hydrogen-bond donors (Lipinski definition) is 0. The van der Waals surface area contributed by atoms with Crippen molar-refractivity contribution in [1.82, 2.24) is 4.31 Å². The average Bonchev–Trinajstić information content (AvgIpc) is 2.42. The Bertz CT molecular complexity index is 578. The third-order valence-electron chi connectivity index (χ3n) is 3.51. The second-order valence-electron chi connectivity index (χ2n) is 4.92. The van der Waals surface area contributed by atoms with Crippen molar-refractivity contribution in [2.24, 2.45) is 5.92 Å². The second-order valence-corrected chi connectivity index (χ2v) is 7.21. The molecule has 0 aromatic heterocycles. The molecule has 1 aliphatic rings. The number of nitrogens with zero attached hydrogens (tertiary/aromatic N) is 1. The molecule has 0 bridgehead atoms. The molecule has 0 N–H and O–H groups in total. The third-order valence-corrected chi connectivity index (χ3v) is 5.61. The number of hydrogen-bond acceptors (Lipinski definition) is 2.